The number of ether oxygens (including phenoxy) is 1. The highest BCUT2D eigenvalue weighted by molar-refractivity contribution is 6.02. The van der Waals surface area contributed by atoms with E-state index in [1.807, 2.05) is 48.5 Å². The molecule has 2 heterocycles. The number of imide groups is 1. The lowest BCUT2D eigenvalue weighted by atomic mass is 10.0. The van der Waals surface area contributed by atoms with Gasteiger partial charge in [-0.1, -0.05) is 48.5 Å². The Kier molecular flexibility index (Phi) is 4.97. The van der Waals surface area contributed by atoms with Gasteiger partial charge in [-0.2, -0.15) is 0 Å². The number of carbonyl (C=O) groups excluding carboxylic acids is 3. The quantitative estimate of drug-likeness (QED) is 0.859. The van der Waals surface area contributed by atoms with Crippen LogP contribution in [-0.4, -0.2) is 52.9 Å². The molecule has 0 saturated carbocycles. The van der Waals surface area contributed by atoms with Gasteiger partial charge in [0.05, 0.1) is 12.6 Å². The summed E-state index contributed by atoms with van der Waals surface area (Å²) in [7, 11) is 0. The molecule has 2 atom stereocenters. The average Bonchev–Trinajstić information content (AvgIpc) is 3.15. The van der Waals surface area contributed by atoms with Gasteiger partial charge in [0.1, 0.15) is 11.8 Å². The molecule has 28 heavy (non-hydrogen) atoms. The third-order valence-electron chi connectivity index (χ3n) is 5.08. The summed E-state index contributed by atoms with van der Waals surface area (Å²) in [6, 6.07) is 16.9. The number of hydrogen-bond donors (Lipinski definition) is 1. The van der Waals surface area contributed by atoms with Crippen LogP contribution in [0.3, 0.4) is 0 Å². The molecule has 2 aromatic carbocycles. The molecule has 2 aliphatic heterocycles. The maximum atomic E-state index is 13.0. The van der Waals surface area contributed by atoms with Crippen LogP contribution in [0, 0.1) is 0 Å². The normalized spacial score (nSPS) is 21.3. The van der Waals surface area contributed by atoms with Crippen molar-refractivity contribution in [3.05, 3.63) is 66.2 Å². The van der Waals surface area contributed by atoms with Gasteiger partial charge in [-0.25, -0.2) is 4.79 Å². The van der Waals surface area contributed by atoms with Crippen molar-refractivity contribution >= 4 is 17.8 Å². The SMILES string of the molecule is O=C1N[C@@H]2CCN(C(=O)COc3ccccc3)[C@@H]2C(=O)N1Cc1ccccc1. The lowest BCUT2D eigenvalue weighted by Crippen LogP contribution is -2.64. The summed E-state index contributed by atoms with van der Waals surface area (Å²) in [5.74, 6) is -0.00995. The standard InChI is InChI=1S/C21H21N3O4/c25-18(14-28-16-9-5-2-6-10-16)23-12-11-17-19(23)20(26)24(21(27)22-17)13-15-7-3-1-4-8-15/h1-10,17,19H,11-14H2,(H,22,27)/t17-,19+/m1/s1. The van der Waals surface area contributed by atoms with Crippen molar-refractivity contribution in [3.63, 3.8) is 0 Å². The molecule has 7 nitrogen and oxygen atoms in total. The van der Waals surface area contributed by atoms with Gasteiger partial charge < -0.3 is 15.0 Å². The highest BCUT2D eigenvalue weighted by Gasteiger charge is 2.49. The molecule has 0 radical (unpaired) electrons. The van der Waals surface area contributed by atoms with Crippen molar-refractivity contribution in [1.82, 2.24) is 15.1 Å². The molecule has 0 aliphatic carbocycles. The smallest absolute Gasteiger partial charge is 0.324 e. The van der Waals surface area contributed by atoms with Gasteiger partial charge in [-0.05, 0) is 24.1 Å². The number of nitrogens with zero attached hydrogens (tertiary/aromatic N) is 2. The van der Waals surface area contributed by atoms with Crippen molar-refractivity contribution in [2.45, 2.75) is 25.0 Å². The highest BCUT2D eigenvalue weighted by Crippen LogP contribution is 2.25. The van der Waals surface area contributed by atoms with Crippen LogP contribution in [0.25, 0.3) is 0 Å². The minimum absolute atomic E-state index is 0.146. The minimum Gasteiger partial charge on any atom is -0.484 e. The van der Waals surface area contributed by atoms with Gasteiger partial charge in [0.15, 0.2) is 6.61 Å². The van der Waals surface area contributed by atoms with Crippen molar-refractivity contribution in [1.29, 1.82) is 0 Å². The molecule has 2 aromatic rings. The van der Waals surface area contributed by atoms with E-state index in [9.17, 15) is 14.4 Å². The molecule has 0 bridgehead atoms. The van der Waals surface area contributed by atoms with Gasteiger partial charge >= 0.3 is 6.03 Å². The second kappa shape index (κ2) is 7.72. The predicted molar refractivity (Wildman–Crippen MR) is 101 cm³/mol. The first-order chi connectivity index (χ1) is 13.6. The minimum atomic E-state index is -0.687. The molecule has 1 N–H and O–H groups in total. The second-order valence-corrected chi connectivity index (χ2v) is 6.89. The van der Waals surface area contributed by atoms with E-state index in [2.05, 4.69) is 5.32 Å². The van der Waals surface area contributed by atoms with Crippen LogP contribution in [0.2, 0.25) is 0 Å². The fourth-order valence-electron chi connectivity index (χ4n) is 3.69. The number of rotatable bonds is 5. The van der Waals surface area contributed by atoms with E-state index in [0.29, 0.717) is 18.7 Å². The largest absolute Gasteiger partial charge is 0.484 e. The number of likely N-dealkylation sites (tertiary alicyclic amines) is 1. The number of benzene rings is 2. The molecule has 0 unspecified atom stereocenters. The number of urea groups is 1. The van der Waals surface area contributed by atoms with Gasteiger partial charge in [0.25, 0.3) is 11.8 Å². The topological polar surface area (TPSA) is 79.0 Å². The van der Waals surface area contributed by atoms with Gasteiger partial charge in [-0.3, -0.25) is 14.5 Å². The van der Waals surface area contributed by atoms with Crippen LogP contribution >= 0.6 is 0 Å². The van der Waals surface area contributed by atoms with Crippen LogP contribution in [0.5, 0.6) is 5.75 Å². The average molecular weight is 379 g/mol. The summed E-state index contributed by atoms with van der Waals surface area (Å²) in [5, 5.41) is 2.87. The van der Waals surface area contributed by atoms with Gasteiger partial charge in [-0.15, -0.1) is 0 Å². The zero-order valence-corrected chi connectivity index (χ0v) is 15.3. The molecule has 2 saturated heterocycles. The Labute approximate surface area is 162 Å². The predicted octanol–water partition coefficient (Wildman–Crippen LogP) is 1.79. The van der Waals surface area contributed by atoms with Crippen LogP contribution < -0.4 is 10.1 Å². The van der Waals surface area contributed by atoms with E-state index >= 15 is 0 Å². The molecule has 7 heteroatoms. The molecule has 0 aromatic heterocycles. The summed E-state index contributed by atoms with van der Waals surface area (Å²) >= 11 is 0. The number of fused-ring (bicyclic) bond motifs is 1. The third-order valence-corrected chi connectivity index (χ3v) is 5.08. The van der Waals surface area contributed by atoms with E-state index in [1.54, 1.807) is 12.1 Å². The fourth-order valence-corrected chi connectivity index (χ4v) is 3.69. The van der Waals surface area contributed by atoms with Crippen molar-refractivity contribution < 1.29 is 19.1 Å². The van der Waals surface area contributed by atoms with Crippen molar-refractivity contribution in [3.8, 4) is 5.75 Å². The van der Waals surface area contributed by atoms with E-state index in [-0.39, 0.29) is 31.0 Å². The maximum absolute atomic E-state index is 13.0. The van der Waals surface area contributed by atoms with E-state index < -0.39 is 12.1 Å². The van der Waals surface area contributed by atoms with Crippen LogP contribution in [0.4, 0.5) is 4.79 Å². The first-order valence-corrected chi connectivity index (χ1v) is 9.26. The molecular formula is C21H21N3O4. The molecular weight excluding hydrogens is 358 g/mol. The Bertz CT molecular complexity index is 872. The zero-order valence-electron chi connectivity index (χ0n) is 15.3. The van der Waals surface area contributed by atoms with Crippen molar-refractivity contribution in [2.24, 2.45) is 0 Å². The number of amides is 4. The first-order valence-electron chi connectivity index (χ1n) is 9.26. The maximum Gasteiger partial charge on any atom is 0.324 e. The monoisotopic (exact) mass is 379 g/mol. The lowest BCUT2D eigenvalue weighted by molar-refractivity contribution is -0.145. The number of para-hydroxylation sites is 1. The summed E-state index contributed by atoms with van der Waals surface area (Å²) in [6.07, 6.45) is 0.554. The molecule has 2 fully saturated rings. The molecule has 4 amide bonds. The first kappa shape index (κ1) is 18.0. The van der Waals surface area contributed by atoms with Crippen LogP contribution in [0.1, 0.15) is 12.0 Å². The van der Waals surface area contributed by atoms with E-state index in [4.69, 9.17) is 4.74 Å². The summed E-state index contributed by atoms with van der Waals surface area (Å²) in [4.78, 5) is 40.8. The Morgan fingerprint density at radius 2 is 1.71 bits per heavy atom. The Balaban J connectivity index is 1.45. The van der Waals surface area contributed by atoms with Crippen molar-refractivity contribution in [2.75, 3.05) is 13.2 Å². The molecule has 144 valence electrons. The molecule has 2 aliphatic rings. The number of nitrogens with one attached hydrogen (secondary N) is 1. The van der Waals surface area contributed by atoms with E-state index in [1.165, 1.54) is 9.80 Å². The summed E-state index contributed by atoms with van der Waals surface area (Å²) in [6.45, 7) is 0.446. The number of carbonyl (C=O) groups is 3. The Morgan fingerprint density at radius 3 is 2.43 bits per heavy atom. The highest BCUT2D eigenvalue weighted by atomic mass is 16.5. The molecule has 0 spiro atoms. The van der Waals surface area contributed by atoms with Crippen LogP contribution in [0.15, 0.2) is 60.7 Å². The lowest BCUT2D eigenvalue weighted by Gasteiger charge is -2.36. The summed E-state index contributed by atoms with van der Waals surface area (Å²) in [5.41, 5.74) is 0.854. The summed E-state index contributed by atoms with van der Waals surface area (Å²) < 4.78 is 5.54. The number of hydrogen-bond acceptors (Lipinski definition) is 4. The van der Waals surface area contributed by atoms with Crippen LogP contribution in [-0.2, 0) is 16.1 Å². The van der Waals surface area contributed by atoms with Gasteiger partial charge in [0.2, 0.25) is 0 Å². The zero-order chi connectivity index (χ0) is 19.5. The molecule has 4 rings (SSSR count). The fraction of sp³-hybridized carbons (Fsp3) is 0.286. The Hall–Kier alpha value is -3.35. The van der Waals surface area contributed by atoms with Gasteiger partial charge in [0, 0.05) is 6.54 Å². The third kappa shape index (κ3) is 3.55. The van der Waals surface area contributed by atoms with E-state index in [0.717, 1.165) is 5.56 Å². The Morgan fingerprint density at radius 1 is 1.04 bits per heavy atom. The second-order valence-electron chi connectivity index (χ2n) is 6.89.